The Morgan fingerprint density at radius 3 is 2.34 bits per heavy atom. The van der Waals surface area contributed by atoms with Gasteiger partial charge >= 0.3 is 0 Å². The third kappa shape index (κ3) is 5.71. The average molecular weight is 534 g/mol. The molecule has 0 saturated carbocycles. The lowest BCUT2D eigenvalue weighted by Gasteiger charge is -2.36. The number of hydrogen-bond donors (Lipinski definition) is 0. The summed E-state index contributed by atoms with van der Waals surface area (Å²) in [5.74, 6) is 1.26. The maximum absolute atomic E-state index is 13.3. The molecule has 1 fully saturated rings. The van der Waals surface area contributed by atoms with Crippen LogP contribution in [0.25, 0.3) is 0 Å². The Hall–Kier alpha value is -3.36. The van der Waals surface area contributed by atoms with Gasteiger partial charge in [-0.05, 0) is 47.5 Å². The molecule has 5 rings (SSSR count). The molecule has 0 radical (unpaired) electrons. The second-order valence-corrected chi connectivity index (χ2v) is 10.8. The van der Waals surface area contributed by atoms with Gasteiger partial charge in [0.05, 0.1) is 20.3 Å². The molecule has 2 aliphatic rings. The minimum absolute atomic E-state index is 0.0675. The first-order valence-electron chi connectivity index (χ1n) is 13.2. The summed E-state index contributed by atoms with van der Waals surface area (Å²) in [4.78, 5) is 34.2. The molecular weight excluding hydrogens is 498 g/mol. The standard InChI is InChI=1S/C30H35N3O4S/c1-36-24-19-23(20-25(21-24)37-2)30(35)33-13-6-12-31(16-17-33)28(34)10-15-32-14-9-27-26(11-18-38-27)29(32)22-7-4-3-5-8-22/h3-5,7-8,11,18-21,29H,6,9-10,12-17H2,1-2H3/t29-/m1/s1. The molecule has 1 aromatic heterocycles. The molecule has 200 valence electrons. The van der Waals surface area contributed by atoms with E-state index in [1.54, 1.807) is 32.4 Å². The van der Waals surface area contributed by atoms with Crippen molar-refractivity contribution >= 4 is 23.2 Å². The predicted molar refractivity (Wildman–Crippen MR) is 149 cm³/mol. The Balaban J connectivity index is 1.21. The molecule has 0 spiro atoms. The Bertz CT molecular complexity index is 1240. The van der Waals surface area contributed by atoms with Crippen molar-refractivity contribution in [2.45, 2.75) is 25.3 Å². The van der Waals surface area contributed by atoms with E-state index < -0.39 is 0 Å². The maximum atomic E-state index is 13.3. The predicted octanol–water partition coefficient (Wildman–Crippen LogP) is 4.48. The van der Waals surface area contributed by atoms with E-state index in [1.165, 1.54) is 16.0 Å². The van der Waals surface area contributed by atoms with E-state index in [0.717, 1.165) is 25.9 Å². The summed E-state index contributed by atoms with van der Waals surface area (Å²) in [6, 6.07) is 18.3. The molecule has 2 aromatic carbocycles. The minimum atomic E-state index is -0.0675. The number of amides is 2. The zero-order valence-corrected chi connectivity index (χ0v) is 22.9. The van der Waals surface area contributed by atoms with E-state index in [-0.39, 0.29) is 17.9 Å². The third-order valence-electron chi connectivity index (χ3n) is 7.53. The molecule has 8 heteroatoms. The van der Waals surface area contributed by atoms with Crippen molar-refractivity contribution in [3.05, 3.63) is 81.5 Å². The quantitative estimate of drug-likeness (QED) is 0.448. The molecule has 38 heavy (non-hydrogen) atoms. The number of carbonyl (C=O) groups excluding carboxylic acids is 2. The molecule has 3 heterocycles. The second-order valence-electron chi connectivity index (χ2n) is 9.78. The van der Waals surface area contributed by atoms with Gasteiger partial charge in [0.25, 0.3) is 5.91 Å². The Morgan fingerprint density at radius 2 is 1.61 bits per heavy atom. The van der Waals surface area contributed by atoms with Gasteiger partial charge in [0, 0.05) is 62.2 Å². The van der Waals surface area contributed by atoms with Gasteiger partial charge in [-0.3, -0.25) is 14.5 Å². The summed E-state index contributed by atoms with van der Waals surface area (Å²) in [6.45, 7) is 4.01. The van der Waals surface area contributed by atoms with Crippen molar-refractivity contribution in [3.8, 4) is 11.5 Å². The molecule has 2 amide bonds. The first-order valence-corrected chi connectivity index (χ1v) is 14.1. The summed E-state index contributed by atoms with van der Waals surface area (Å²) in [6.07, 6.45) is 2.26. The van der Waals surface area contributed by atoms with E-state index >= 15 is 0 Å². The number of methoxy groups -OCH3 is 2. The fourth-order valence-corrected chi connectivity index (χ4v) is 6.42. The summed E-state index contributed by atoms with van der Waals surface area (Å²) in [7, 11) is 3.15. The SMILES string of the molecule is COc1cc(OC)cc(C(=O)N2CCCN(C(=O)CCN3CCc4sccc4[C@H]3c3ccccc3)CC2)c1. The van der Waals surface area contributed by atoms with Crippen LogP contribution in [0.3, 0.4) is 0 Å². The summed E-state index contributed by atoms with van der Waals surface area (Å²) >= 11 is 1.83. The zero-order valence-electron chi connectivity index (χ0n) is 22.1. The van der Waals surface area contributed by atoms with Gasteiger partial charge in [0.2, 0.25) is 5.91 Å². The van der Waals surface area contributed by atoms with E-state index in [2.05, 4.69) is 40.6 Å². The minimum Gasteiger partial charge on any atom is -0.497 e. The lowest BCUT2D eigenvalue weighted by atomic mass is 9.93. The van der Waals surface area contributed by atoms with Crippen LogP contribution in [0.1, 0.15) is 45.2 Å². The third-order valence-corrected chi connectivity index (χ3v) is 8.52. The molecular formula is C30H35N3O4S. The highest BCUT2D eigenvalue weighted by Crippen LogP contribution is 2.37. The summed E-state index contributed by atoms with van der Waals surface area (Å²) < 4.78 is 10.7. The van der Waals surface area contributed by atoms with Gasteiger partial charge in [0.15, 0.2) is 0 Å². The van der Waals surface area contributed by atoms with Crippen molar-refractivity contribution in [3.63, 3.8) is 0 Å². The molecule has 1 atom stereocenters. The van der Waals surface area contributed by atoms with Crippen LogP contribution in [0.15, 0.2) is 60.0 Å². The highest BCUT2D eigenvalue weighted by Gasteiger charge is 2.30. The van der Waals surface area contributed by atoms with Gasteiger partial charge in [-0.15, -0.1) is 11.3 Å². The van der Waals surface area contributed by atoms with Gasteiger partial charge < -0.3 is 19.3 Å². The highest BCUT2D eigenvalue weighted by atomic mass is 32.1. The van der Waals surface area contributed by atoms with Crippen LogP contribution in [-0.4, -0.2) is 80.0 Å². The van der Waals surface area contributed by atoms with Crippen molar-refractivity contribution in [2.75, 3.05) is 53.5 Å². The first-order chi connectivity index (χ1) is 18.6. The number of thiophene rings is 1. The molecule has 0 N–H and O–H groups in total. The van der Waals surface area contributed by atoms with Crippen molar-refractivity contribution in [2.24, 2.45) is 0 Å². The lowest BCUT2D eigenvalue weighted by Crippen LogP contribution is -2.40. The van der Waals surface area contributed by atoms with E-state index in [9.17, 15) is 9.59 Å². The van der Waals surface area contributed by atoms with E-state index in [4.69, 9.17) is 9.47 Å². The lowest BCUT2D eigenvalue weighted by molar-refractivity contribution is -0.131. The van der Waals surface area contributed by atoms with Crippen molar-refractivity contribution < 1.29 is 19.1 Å². The molecule has 1 saturated heterocycles. The first kappa shape index (κ1) is 26.3. The molecule has 0 aliphatic carbocycles. The van der Waals surface area contributed by atoms with Crippen LogP contribution >= 0.6 is 11.3 Å². The summed E-state index contributed by atoms with van der Waals surface area (Å²) in [5, 5.41) is 2.18. The zero-order chi connectivity index (χ0) is 26.5. The number of fused-ring (bicyclic) bond motifs is 1. The van der Waals surface area contributed by atoms with Gasteiger partial charge in [0.1, 0.15) is 11.5 Å². The maximum Gasteiger partial charge on any atom is 0.254 e. The van der Waals surface area contributed by atoms with E-state index in [1.807, 2.05) is 27.2 Å². The molecule has 3 aromatic rings. The smallest absolute Gasteiger partial charge is 0.254 e. The topological polar surface area (TPSA) is 62.3 Å². The normalized spacial score (nSPS) is 18.0. The fourth-order valence-electron chi connectivity index (χ4n) is 5.52. The van der Waals surface area contributed by atoms with Crippen molar-refractivity contribution in [1.82, 2.24) is 14.7 Å². The van der Waals surface area contributed by atoms with Crippen LogP contribution in [0.4, 0.5) is 0 Å². The Kier molecular flexibility index (Phi) is 8.29. The largest absolute Gasteiger partial charge is 0.497 e. The molecule has 0 unspecified atom stereocenters. The van der Waals surface area contributed by atoms with Gasteiger partial charge in [-0.25, -0.2) is 0 Å². The average Bonchev–Trinajstić information content (AvgIpc) is 3.31. The summed E-state index contributed by atoms with van der Waals surface area (Å²) in [5.41, 5.74) is 3.18. The number of benzene rings is 2. The number of carbonyl (C=O) groups is 2. The number of hydrogen-bond acceptors (Lipinski definition) is 6. The van der Waals surface area contributed by atoms with Gasteiger partial charge in [-0.2, -0.15) is 0 Å². The number of ether oxygens (including phenoxy) is 2. The van der Waals surface area contributed by atoms with Crippen LogP contribution in [-0.2, 0) is 11.2 Å². The molecule has 7 nitrogen and oxygen atoms in total. The Labute approximate surface area is 228 Å². The monoisotopic (exact) mass is 533 g/mol. The van der Waals surface area contributed by atoms with Crippen LogP contribution in [0, 0.1) is 0 Å². The number of rotatable bonds is 7. The van der Waals surface area contributed by atoms with Gasteiger partial charge in [-0.1, -0.05) is 30.3 Å². The highest BCUT2D eigenvalue weighted by molar-refractivity contribution is 7.10. The van der Waals surface area contributed by atoms with Crippen LogP contribution < -0.4 is 9.47 Å². The van der Waals surface area contributed by atoms with Crippen molar-refractivity contribution in [1.29, 1.82) is 0 Å². The molecule has 2 aliphatic heterocycles. The second kappa shape index (κ2) is 12.0. The Morgan fingerprint density at radius 1 is 0.895 bits per heavy atom. The van der Waals surface area contributed by atoms with Crippen LogP contribution in [0.2, 0.25) is 0 Å². The number of nitrogens with zero attached hydrogens (tertiary/aromatic N) is 3. The fraction of sp³-hybridized carbons (Fsp3) is 0.400. The molecule has 0 bridgehead atoms. The van der Waals surface area contributed by atoms with Crippen LogP contribution in [0.5, 0.6) is 11.5 Å². The van der Waals surface area contributed by atoms with E-state index in [0.29, 0.717) is 49.7 Å².